The van der Waals surface area contributed by atoms with Crippen LogP contribution in [0.5, 0.6) is 0 Å². The van der Waals surface area contributed by atoms with Gasteiger partial charge in [-0.05, 0) is 36.4 Å². The van der Waals surface area contributed by atoms with Crippen molar-refractivity contribution in [3.8, 4) is 0 Å². The Morgan fingerprint density at radius 2 is 1.73 bits per heavy atom. The number of hydrogen-bond donors (Lipinski definition) is 1. The normalized spacial score (nSPS) is 20.2. The molecule has 2 aromatic rings. The van der Waals surface area contributed by atoms with Crippen molar-refractivity contribution < 1.29 is 23.1 Å². The third kappa shape index (κ3) is 3.49. The molecule has 9 heteroatoms. The Bertz CT molecular complexity index is 869. The number of halogens is 5. The van der Waals surface area contributed by atoms with Crippen LogP contribution >= 0.6 is 27.5 Å². The van der Waals surface area contributed by atoms with E-state index < -0.39 is 29.9 Å². The third-order valence-electron chi connectivity index (χ3n) is 3.90. The molecule has 1 heterocycles. The maximum Gasteiger partial charge on any atom is 0.431 e. The zero-order valence-corrected chi connectivity index (χ0v) is 15.3. The first-order valence-corrected chi connectivity index (χ1v) is 8.51. The lowest BCUT2D eigenvalue weighted by Gasteiger charge is -2.31. The van der Waals surface area contributed by atoms with Gasteiger partial charge in [-0.25, -0.2) is 0 Å². The van der Waals surface area contributed by atoms with Crippen LogP contribution in [0.4, 0.5) is 13.2 Å². The summed E-state index contributed by atoms with van der Waals surface area (Å²) < 4.78 is 40.2. The zero-order chi connectivity index (χ0) is 19.1. The van der Waals surface area contributed by atoms with Crippen LogP contribution in [0.15, 0.2) is 58.1 Å². The van der Waals surface area contributed by atoms with E-state index in [1.54, 1.807) is 12.1 Å². The molecule has 26 heavy (non-hydrogen) atoms. The molecule has 1 amide bonds. The largest absolute Gasteiger partial charge is 0.431 e. The first kappa shape index (κ1) is 18.9. The van der Waals surface area contributed by atoms with Gasteiger partial charge in [0.1, 0.15) is 5.71 Å². The summed E-state index contributed by atoms with van der Waals surface area (Å²) in [4.78, 5) is 12.7. The predicted octanol–water partition coefficient (Wildman–Crippen LogP) is 4.71. The molecule has 0 radical (unpaired) electrons. The van der Waals surface area contributed by atoms with Crippen LogP contribution in [-0.4, -0.2) is 27.9 Å². The van der Waals surface area contributed by atoms with Gasteiger partial charge in [0.15, 0.2) is 5.72 Å². The number of amides is 1. The number of carbonyl (C=O) groups is 1. The summed E-state index contributed by atoms with van der Waals surface area (Å²) in [6, 6.07) is 11.5. The van der Waals surface area contributed by atoms with Crippen molar-refractivity contribution in [2.24, 2.45) is 5.10 Å². The van der Waals surface area contributed by atoms with Crippen molar-refractivity contribution in [1.82, 2.24) is 5.01 Å². The topological polar surface area (TPSA) is 52.9 Å². The number of nitrogens with zero attached hydrogens (tertiary/aromatic N) is 2. The number of alkyl halides is 3. The highest BCUT2D eigenvalue weighted by Crippen LogP contribution is 2.40. The Morgan fingerprint density at radius 3 is 2.27 bits per heavy atom. The van der Waals surface area contributed by atoms with Crippen LogP contribution in [-0.2, 0) is 5.72 Å². The van der Waals surface area contributed by atoms with Crippen LogP contribution in [0.2, 0.25) is 5.02 Å². The third-order valence-corrected chi connectivity index (χ3v) is 4.68. The SMILES string of the molecule is O=C(c1ccc(Cl)cc1)N1N=C(C(F)(F)F)C[C@]1(O)c1ccc(Br)cc1. The Labute approximate surface area is 160 Å². The summed E-state index contributed by atoms with van der Waals surface area (Å²) in [6.45, 7) is 0. The Balaban J connectivity index is 2.06. The van der Waals surface area contributed by atoms with E-state index in [-0.39, 0.29) is 11.1 Å². The minimum Gasteiger partial charge on any atom is -0.365 e. The Hall–Kier alpha value is -1.90. The second-order valence-corrected chi connectivity index (χ2v) is 7.02. The summed E-state index contributed by atoms with van der Waals surface area (Å²) in [6.07, 6.45) is -5.63. The van der Waals surface area contributed by atoms with Crippen LogP contribution in [0.3, 0.4) is 0 Å². The van der Waals surface area contributed by atoms with Gasteiger partial charge in [0.05, 0.1) is 6.42 Å². The maximum atomic E-state index is 13.2. The first-order valence-electron chi connectivity index (χ1n) is 7.34. The van der Waals surface area contributed by atoms with Crippen molar-refractivity contribution in [3.05, 3.63) is 69.2 Å². The molecule has 4 nitrogen and oxygen atoms in total. The summed E-state index contributed by atoms with van der Waals surface area (Å²) in [5.41, 5.74) is -3.31. The van der Waals surface area contributed by atoms with E-state index in [9.17, 15) is 23.1 Å². The Kier molecular flexibility index (Phi) is 4.85. The predicted molar refractivity (Wildman–Crippen MR) is 93.8 cm³/mol. The van der Waals surface area contributed by atoms with Crippen molar-refractivity contribution in [3.63, 3.8) is 0 Å². The van der Waals surface area contributed by atoms with Crippen molar-refractivity contribution in [2.75, 3.05) is 0 Å². The molecular weight excluding hydrogens is 437 g/mol. The highest BCUT2D eigenvalue weighted by atomic mass is 79.9. The van der Waals surface area contributed by atoms with Crippen molar-refractivity contribution >= 4 is 39.1 Å². The van der Waals surface area contributed by atoms with Crippen LogP contribution in [0.25, 0.3) is 0 Å². The standard InChI is InChI=1S/C17H11BrClF3N2O2/c18-12-5-3-11(4-6-12)16(26)9-14(17(20,21)22)23-24(16)15(25)10-1-7-13(19)8-2-10/h1-8,26H,9H2/t16-/m0/s1. The molecule has 0 aromatic heterocycles. The number of aliphatic hydroxyl groups is 1. The monoisotopic (exact) mass is 446 g/mol. The van der Waals surface area contributed by atoms with Crippen LogP contribution in [0, 0.1) is 0 Å². The van der Waals surface area contributed by atoms with E-state index in [1.165, 1.54) is 36.4 Å². The molecule has 1 aliphatic rings. The average Bonchev–Trinajstić information content (AvgIpc) is 2.94. The summed E-state index contributed by atoms with van der Waals surface area (Å²) in [7, 11) is 0. The van der Waals surface area contributed by atoms with Crippen molar-refractivity contribution in [2.45, 2.75) is 18.3 Å². The zero-order valence-electron chi connectivity index (χ0n) is 13.0. The second kappa shape index (κ2) is 6.68. The van der Waals surface area contributed by atoms with Gasteiger partial charge in [0.2, 0.25) is 0 Å². The van der Waals surface area contributed by atoms with Crippen LogP contribution in [0.1, 0.15) is 22.3 Å². The number of hydrazone groups is 1. The highest BCUT2D eigenvalue weighted by molar-refractivity contribution is 9.10. The molecule has 0 saturated heterocycles. The Morgan fingerprint density at radius 1 is 1.15 bits per heavy atom. The molecular formula is C17H11BrClF3N2O2. The molecule has 0 spiro atoms. The van der Waals surface area contributed by atoms with E-state index in [0.717, 1.165) is 0 Å². The smallest absolute Gasteiger partial charge is 0.365 e. The van der Waals surface area contributed by atoms with E-state index in [0.29, 0.717) is 14.5 Å². The van der Waals surface area contributed by atoms with Gasteiger partial charge in [0, 0.05) is 20.6 Å². The molecule has 1 atom stereocenters. The lowest BCUT2D eigenvalue weighted by Crippen LogP contribution is -2.43. The van der Waals surface area contributed by atoms with Gasteiger partial charge in [-0.1, -0.05) is 39.7 Å². The second-order valence-electron chi connectivity index (χ2n) is 5.67. The number of hydrogen-bond acceptors (Lipinski definition) is 3. The highest BCUT2D eigenvalue weighted by Gasteiger charge is 2.53. The molecule has 0 bridgehead atoms. The molecule has 1 aliphatic heterocycles. The fraction of sp³-hybridized carbons (Fsp3) is 0.176. The summed E-state index contributed by atoms with van der Waals surface area (Å²) >= 11 is 8.99. The molecule has 1 N–H and O–H groups in total. The summed E-state index contributed by atoms with van der Waals surface area (Å²) in [5, 5.41) is 15.2. The average molecular weight is 448 g/mol. The molecule has 0 saturated carbocycles. The van der Waals surface area contributed by atoms with E-state index >= 15 is 0 Å². The number of carbonyl (C=O) groups excluding carboxylic acids is 1. The molecule has 0 fully saturated rings. The fourth-order valence-electron chi connectivity index (χ4n) is 2.57. The van der Waals surface area contributed by atoms with E-state index in [2.05, 4.69) is 21.0 Å². The fourth-order valence-corrected chi connectivity index (χ4v) is 2.96. The molecule has 2 aromatic carbocycles. The van der Waals surface area contributed by atoms with Gasteiger partial charge < -0.3 is 5.11 Å². The van der Waals surface area contributed by atoms with E-state index in [4.69, 9.17) is 11.6 Å². The summed E-state index contributed by atoms with van der Waals surface area (Å²) in [5.74, 6) is -0.869. The lowest BCUT2D eigenvalue weighted by molar-refractivity contribution is -0.0816. The quantitative estimate of drug-likeness (QED) is 0.725. The van der Waals surface area contributed by atoms with Crippen molar-refractivity contribution in [1.29, 1.82) is 0 Å². The van der Waals surface area contributed by atoms with Gasteiger partial charge in [-0.2, -0.15) is 23.3 Å². The minimum atomic E-state index is -4.77. The minimum absolute atomic E-state index is 0.0529. The first-order chi connectivity index (χ1) is 12.1. The van der Waals surface area contributed by atoms with E-state index in [1.807, 2.05) is 0 Å². The van der Waals surface area contributed by atoms with Gasteiger partial charge in [0.25, 0.3) is 5.91 Å². The molecule has 3 rings (SSSR count). The van der Waals surface area contributed by atoms with Gasteiger partial charge in [-0.15, -0.1) is 0 Å². The number of benzene rings is 2. The number of rotatable bonds is 2. The molecule has 136 valence electrons. The van der Waals surface area contributed by atoms with Crippen LogP contribution < -0.4 is 0 Å². The van der Waals surface area contributed by atoms with Gasteiger partial charge in [-0.3, -0.25) is 4.79 Å². The molecule has 0 aliphatic carbocycles. The maximum absolute atomic E-state index is 13.2. The molecule has 0 unspecified atom stereocenters. The lowest BCUT2D eigenvalue weighted by atomic mass is 9.96. The van der Waals surface area contributed by atoms with Gasteiger partial charge >= 0.3 is 6.18 Å².